The summed E-state index contributed by atoms with van der Waals surface area (Å²) in [5.41, 5.74) is -0.282. The van der Waals surface area contributed by atoms with Gasteiger partial charge >= 0.3 is 5.97 Å². The van der Waals surface area contributed by atoms with E-state index in [1.54, 1.807) is 0 Å². The molecule has 0 aromatic rings. The lowest BCUT2D eigenvalue weighted by Gasteiger charge is -2.34. The van der Waals surface area contributed by atoms with Gasteiger partial charge in [-0.1, -0.05) is 6.42 Å². The Labute approximate surface area is 97.9 Å². The maximum atomic E-state index is 12.1. The molecule has 92 valence electrons. The summed E-state index contributed by atoms with van der Waals surface area (Å²) in [4.78, 5) is 12.1. The highest BCUT2D eigenvalue weighted by molar-refractivity contribution is 5.77. The summed E-state index contributed by atoms with van der Waals surface area (Å²) in [5.74, 6) is 0.0200. The molecule has 1 saturated carbocycles. The summed E-state index contributed by atoms with van der Waals surface area (Å²) >= 11 is 0. The van der Waals surface area contributed by atoms with Crippen molar-refractivity contribution in [2.24, 2.45) is 5.41 Å². The highest BCUT2D eigenvalue weighted by Crippen LogP contribution is 2.29. The second-order valence-corrected chi connectivity index (χ2v) is 5.51. The molecule has 1 heterocycles. The molecule has 3 nitrogen and oxygen atoms in total. The van der Waals surface area contributed by atoms with Gasteiger partial charge in [-0.15, -0.1) is 0 Å². The van der Waals surface area contributed by atoms with Crippen molar-refractivity contribution >= 4 is 5.97 Å². The highest BCUT2D eigenvalue weighted by atomic mass is 16.5. The quantitative estimate of drug-likeness (QED) is 0.733. The van der Waals surface area contributed by atoms with Crippen LogP contribution >= 0.6 is 0 Å². The number of ether oxygens (including phenoxy) is 1. The number of esters is 1. The number of carbonyl (C=O) groups excluding carboxylic acids is 1. The van der Waals surface area contributed by atoms with E-state index in [1.165, 1.54) is 19.3 Å². The van der Waals surface area contributed by atoms with E-state index in [0.29, 0.717) is 0 Å². The van der Waals surface area contributed by atoms with Crippen molar-refractivity contribution in [1.29, 1.82) is 0 Å². The molecule has 0 amide bonds. The van der Waals surface area contributed by atoms with Crippen molar-refractivity contribution in [3.05, 3.63) is 0 Å². The number of piperidine rings is 1. The van der Waals surface area contributed by atoms with Crippen LogP contribution in [0.4, 0.5) is 0 Å². The minimum absolute atomic E-state index is 0.0200. The molecule has 1 saturated heterocycles. The van der Waals surface area contributed by atoms with E-state index in [2.05, 4.69) is 5.32 Å². The van der Waals surface area contributed by atoms with E-state index in [1.807, 2.05) is 6.92 Å². The van der Waals surface area contributed by atoms with Gasteiger partial charge in [-0.3, -0.25) is 4.79 Å². The van der Waals surface area contributed by atoms with Crippen LogP contribution < -0.4 is 5.32 Å². The van der Waals surface area contributed by atoms with Crippen molar-refractivity contribution in [2.75, 3.05) is 13.1 Å². The van der Waals surface area contributed by atoms with Gasteiger partial charge in [0.2, 0.25) is 0 Å². The van der Waals surface area contributed by atoms with Crippen LogP contribution in [0.3, 0.4) is 0 Å². The van der Waals surface area contributed by atoms with Gasteiger partial charge in [-0.25, -0.2) is 0 Å². The van der Waals surface area contributed by atoms with Crippen LogP contribution in [-0.4, -0.2) is 25.2 Å². The topological polar surface area (TPSA) is 38.3 Å². The number of hydrogen-bond donors (Lipinski definition) is 1. The standard InChI is InChI=1S/C13H23NO2/c1-13(8-5-9-14-10-13)12(15)16-11-6-3-2-4-7-11/h11,14H,2-10H2,1H3. The SMILES string of the molecule is CC1(C(=O)OC2CCCCC2)CCCNC1. The van der Waals surface area contributed by atoms with Crippen LogP contribution in [0, 0.1) is 5.41 Å². The molecule has 16 heavy (non-hydrogen) atoms. The molecule has 2 aliphatic rings. The van der Waals surface area contributed by atoms with Gasteiger partial charge in [0, 0.05) is 6.54 Å². The molecule has 1 unspecified atom stereocenters. The number of nitrogens with one attached hydrogen (secondary N) is 1. The molecule has 2 rings (SSSR count). The highest BCUT2D eigenvalue weighted by Gasteiger charge is 2.37. The summed E-state index contributed by atoms with van der Waals surface area (Å²) in [6.45, 7) is 3.84. The van der Waals surface area contributed by atoms with Crippen LogP contribution in [0.25, 0.3) is 0 Å². The summed E-state index contributed by atoms with van der Waals surface area (Å²) in [6, 6.07) is 0. The van der Waals surface area contributed by atoms with Gasteiger partial charge in [-0.2, -0.15) is 0 Å². The molecule has 1 aliphatic heterocycles. The lowest BCUT2D eigenvalue weighted by Crippen LogP contribution is -2.45. The van der Waals surface area contributed by atoms with E-state index in [4.69, 9.17) is 4.74 Å². The average molecular weight is 225 g/mol. The first kappa shape index (κ1) is 11.9. The fraction of sp³-hybridized carbons (Fsp3) is 0.923. The number of carbonyl (C=O) groups is 1. The zero-order valence-electron chi connectivity index (χ0n) is 10.3. The fourth-order valence-corrected chi connectivity index (χ4v) is 2.71. The number of hydrogen-bond acceptors (Lipinski definition) is 3. The molecule has 0 aromatic heterocycles. The van der Waals surface area contributed by atoms with Crippen molar-refractivity contribution < 1.29 is 9.53 Å². The van der Waals surface area contributed by atoms with Crippen LogP contribution in [0.15, 0.2) is 0 Å². The largest absolute Gasteiger partial charge is 0.462 e. The summed E-state index contributed by atoms with van der Waals surface area (Å²) < 4.78 is 5.65. The lowest BCUT2D eigenvalue weighted by atomic mass is 9.83. The second kappa shape index (κ2) is 5.17. The molecule has 0 bridgehead atoms. The first-order valence-corrected chi connectivity index (χ1v) is 6.62. The Kier molecular flexibility index (Phi) is 3.85. The Morgan fingerprint density at radius 2 is 2.00 bits per heavy atom. The molecule has 3 heteroatoms. The van der Waals surface area contributed by atoms with Crippen molar-refractivity contribution in [2.45, 2.75) is 58.0 Å². The van der Waals surface area contributed by atoms with Crippen molar-refractivity contribution in [3.8, 4) is 0 Å². The molecule has 0 aromatic carbocycles. The molecule has 1 aliphatic carbocycles. The van der Waals surface area contributed by atoms with E-state index >= 15 is 0 Å². The predicted molar refractivity (Wildman–Crippen MR) is 63.2 cm³/mol. The molecule has 0 radical (unpaired) electrons. The maximum absolute atomic E-state index is 12.1. The van der Waals surface area contributed by atoms with Gasteiger partial charge in [0.25, 0.3) is 0 Å². The summed E-state index contributed by atoms with van der Waals surface area (Å²) in [5, 5.41) is 3.29. The Bertz CT molecular complexity index is 240. The fourth-order valence-electron chi connectivity index (χ4n) is 2.71. The van der Waals surface area contributed by atoms with Crippen LogP contribution in [0.5, 0.6) is 0 Å². The van der Waals surface area contributed by atoms with E-state index in [-0.39, 0.29) is 17.5 Å². The zero-order valence-corrected chi connectivity index (χ0v) is 10.3. The molecular formula is C13H23NO2. The van der Waals surface area contributed by atoms with E-state index in [0.717, 1.165) is 38.8 Å². The summed E-state index contributed by atoms with van der Waals surface area (Å²) in [7, 11) is 0. The Hall–Kier alpha value is -0.570. The monoisotopic (exact) mass is 225 g/mol. The van der Waals surface area contributed by atoms with Gasteiger partial charge in [0.1, 0.15) is 6.10 Å². The first-order chi connectivity index (χ1) is 7.71. The normalized spacial score (nSPS) is 32.3. The predicted octanol–water partition coefficient (Wildman–Crippen LogP) is 2.25. The zero-order chi connectivity index (χ0) is 11.4. The maximum Gasteiger partial charge on any atom is 0.313 e. The third kappa shape index (κ3) is 2.76. The Morgan fingerprint density at radius 3 is 2.62 bits per heavy atom. The molecule has 1 atom stereocenters. The van der Waals surface area contributed by atoms with Gasteiger partial charge in [0.15, 0.2) is 0 Å². The third-order valence-electron chi connectivity index (χ3n) is 3.92. The minimum Gasteiger partial charge on any atom is -0.462 e. The smallest absolute Gasteiger partial charge is 0.313 e. The lowest BCUT2D eigenvalue weighted by molar-refractivity contribution is -0.163. The third-order valence-corrected chi connectivity index (χ3v) is 3.92. The molecular weight excluding hydrogens is 202 g/mol. The van der Waals surface area contributed by atoms with Gasteiger partial charge in [0.05, 0.1) is 5.41 Å². The van der Waals surface area contributed by atoms with Crippen LogP contribution in [0.1, 0.15) is 51.9 Å². The number of rotatable bonds is 2. The van der Waals surface area contributed by atoms with Gasteiger partial charge < -0.3 is 10.1 Å². The second-order valence-electron chi connectivity index (χ2n) is 5.51. The average Bonchev–Trinajstić information content (AvgIpc) is 2.31. The van der Waals surface area contributed by atoms with Gasteiger partial charge in [-0.05, 0) is 52.0 Å². The first-order valence-electron chi connectivity index (χ1n) is 6.62. The van der Waals surface area contributed by atoms with Crippen molar-refractivity contribution in [1.82, 2.24) is 5.32 Å². The molecule has 0 spiro atoms. The summed E-state index contributed by atoms with van der Waals surface area (Å²) in [6.07, 6.45) is 8.10. The Balaban J connectivity index is 1.85. The molecule has 2 fully saturated rings. The minimum atomic E-state index is -0.282. The van der Waals surface area contributed by atoms with Crippen LogP contribution in [0.2, 0.25) is 0 Å². The van der Waals surface area contributed by atoms with E-state index < -0.39 is 0 Å². The van der Waals surface area contributed by atoms with E-state index in [9.17, 15) is 4.79 Å². The Morgan fingerprint density at radius 1 is 1.25 bits per heavy atom. The van der Waals surface area contributed by atoms with Crippen molar-refractivity contribution in [3.63, 3.8) is 0 Å². The molecule has 1 N–H and O–H groups in total. The van der Waals surface area contributed by atoms with Crippen LogP contribution in [-0.2, 0) is 9.53 Å².